The Hall–Kier alpha value is -0.940. The summed E-state index contributed by atoms with van der Waals surface area (Å²) in [4.78, 5) is 31.7. The molecule has 7 heteroatoms. The minimum absolute atomic E-state index is 0.255. The summed E-state index contributed by atoms with van der Waals surface area (Å²) in [6, 6.07) is 0. The van der Waals surface area contributed by atoms with Gasteiger partial charge >= 0.3 is 13.8 Å². The van der Waals surface area contributed by atoms with Crippen LogP contribution in [0.2, 0.25) is 0 Å². The lowest BCUT2D eigenvalue weighted by Crippen LogP contribution is -1.98. The summed E-state index contributed by atoms with van der Waals surface area (Å²) < 4.78 is 13.3. The summed E-state index contributed by atoms with van der Waals surface area (Å²) in [5.74, 6) is -0.412. The second-order valence-corrected chi connectivity index (χ2v) is 2.66. The summed E-state index contributed by atoms with van der Waals surface area (Å²) in [6.45, 7) is 6.81. The molecule has 6 nitrogen and oxygen atoms in total. The van der Waals surface area contributed by atoms with Crippen LogP contribution in [0.25, 0.3) is 0 Å². The van der Waals surface area contributed by atoms with E-state index in [1.807, 2.05) is 0 Å². The Labute approximate surface area is 75.4 Å². The van der Waals surface area contributed by atoms with E-state index in [-0.39, 0.29) is 6.61 Å². The molecule has 76 valence electrons. The number of hydrogen-bond acceptors (Lipinski definition) is 3. The van der Waals surface area contributed by atoms with Gasteiger partial charge < -0.3 is 19.4 Å². The van der Waals surface area contributed by atoms with E-state index in [0.717, 1.165) is 6.08 Å². The number of carbonyl (C=O) groups excluding carboxylic acids is 1. The number of ether oxygens (including phenoxy) is 1. The normalized spacial score (nSPS) is 9.15. The third kappa shape index (κ3) is 35.5. The van der Waals surface area contributed by atoms with Gasteiger partial charge in [-0.25, -0.2) is 9.36 Å². The average molecular weight is 210 g/mol. The molecule has 0 radical (unpaired) electrons. The molecule has 0 aliphatic rings. The fourth-order valence-electron chi connectivity index (χ4n) is 0.200. The van der Waals surface area contributed by atoms with Crippen molar-refractivity contribution in [2.24, 2.45) is 0 Å². The number of hydrogen-bond donors (Lipinski definition) is 3. The first kappa shape index (κ1) is 14.6. The molecule has 0 aromatic heterocycles. The molecule has 13 heavy (non-hydrogen) atoms. The molecule has 0 fully saturated rings. The van der Waals surface area contributed by atoms with Crippen molar-refractivity contribution in [1.82, 2.24) is 0 Å². The monoisotopic (exact) mass is 210 g/mol. The largest absolute Gasteiger partial charge is 0.466 e. The second-order valence-electron chi connectivity index (χ2n) is 1.64. The maximum Gasteiger partial charge on any atom is 0.466 e. The van der Waals surface area contributed by atoms with Crippen LogP contribution in [-0.2, 0) is 14.1 Å². The third-order valence-electron chi connectivity index (χ3n) is 0.510. The van der Waals surface area contributed by atoms with E-state index in [0.29, 0.717) is 0 Å². The molecule has 0 aromatic rings. The molecule has 0 aliphatic carbocycles. The molecule has 0 aliphatic heterocycles. The van der Waals surface area contributed by atoms with Crippen LogP contribution in [0.3, 0.4) is 0 Å². The Kier molecular flexibility index (Phi) is 8.63. The number of carbonyl (C=O) groups is 1. The van der Waals surface area contributed by atoms with Crippen LogP contribution in [0.1, 0.15) is 0 Å². The topological polar surface area (TPSA) is 104 Å². The number of phosphoric acid groups is 1. The molecule has 0 amide bonds. The molecule has 3 N–H and O–H groups in total. The quantitative estimate of drug-likeness (QED) is 0.261. The molecule has 0 spiro atoms. The van der Waals surface area contributed by atoms with Gasteiger partial charge in [0.2, 0.25) is 0 Å². The maximum absolute atomic E-state index is 10.2. The highest BCUT2D eigenvalue weighted by molar-refractivity contribution is 7.45. The van der Waals surface area contributed by atoms with Gasteiger partial charge in [0.1, 0.15) is 6.61 Å². The van der Waals surface area contributed by atoms with Gasteiger partial charge in [-0.15, -0.1) is 0 Å². The molecular weight excluding hydrogens is 199 g/mol. The summed E-state index contributed by atoms with van der Waals surface area (Å²) in [7, 11) is -4.64. The highest BCUT2D eigenvalue weighted by atomic mass is 31.2. The summed E-state index contributed by atoms with van der Waals surface area (Å²) in [6.07, 6.45) is 2.62. The van der Waals surface area contributed by atoms with Gasteiger partial charge in [-0.2, -0.15) is 0 Å². The van der Waals surface area contributed by atoms with E-state index in [1.54, 1.807) is 0 Å². The van der Waals surface area contributed by atoms with Crippen LogP contribution in [0.4, 0.5) is 0 Å². The Bertz CT molecular complexity index is 209. The summed E-state index contributed by atoms with van der Waals surface area (Å²) in [5.41, 5.74) is 0. The Morgan fingerprint density at radius 2 is 1.77 bits per heavy atom. The minimum atomic E-state index is -4.64. The van der Waals surface area contributed by atoms with Gasteiger partial charge in [-0.1, -0.05) is 19.2 Å². The predicted molar refractivity (Wildman–Crippen MR) is 45.6 cm³/mol. The average Bonchev–Trinajstić information content (AvgIpc) is 1.97. The Morgan fingerprint density at radius 1 is 1.38 bits per heavy atom. The van der Waals surface area contributed by atoms with Crippen LogP contribution < -0.4 is 0 Å². The Balaban J connectivity index is 0. The van der Waals surface area contributed by atoms with Crippen molar-refractivity contribution in [1.29, 1.82) is 0 Å². The van der Waals surface area contributed by atoms with Gasteiger partial charge in [0.05, 0.1) is 0 Å². The number of esters is 1. The first-order valence-corrected chi connectivity index (χ1v) is 4.56. The van der Waals surface area contributed by atoms with Crippen molar-refractivity contribution < 1.29 is 28.8 Å². The lowest BCUT2D eigenvalue weighted by atomic mass is 10.6. The fraction of sp³-hybridized carbons (Fsp3) is 0.167. The van der Waals surface area contributed by atoms with Crippen LogP contribution in [-0.4, -0.2) is 27.3 Å². The van der Waals surface area contributed by atoms with Crippen molar-refractivity contribution in [3.05, 3.63) is 25.3 Å². The van der Waals surface area contributed by atoms with E-state index < -0.39 is 13.8 Å². The zero-order chi connectivity index (χ0) is 10.9. The van der Waals surface area contributed by atoms with E-state index in [9.17, 15) is 4.79 Å². The molecule has 0 unspecified atom stereocenters. The van der Waals surface area contributed by atoms with Gasteiger partial charge in [0.25, 0.3) is 0 Å². The predicted octanol–water partition coefficient (Wildman–Crippen LogP) is -0.0270. The summed E-state index contributed by atoms with van der Waals surface area (Å²) >= 11 is 0. The first-order chi connectivity index (χ1) is 5.81. The lowest BCUT2D eigenvalue weighted by molar-refractivity contribution is -0.136. The molecule has 0 atom stereocenters. The maximum atomic E-state index is 10.2. The first-order valence-electron chi connectivity index (χ1n) is 2.99. The molecular formula is C6H11O6P. The Morgan fingerprint density at radius 3 is 2.00 bits per heavy atom. The van der Waals surface area contributed by atoms with E-state index in [2.05, 4.69) is 17.9 Å². The highest BCUT2D eigenvalue weighted by Gasteiger charge is 2.00. The molecule has 0 bridgehead atoms. The van der Waals surface area contributed by atoms with E-state index >= 15 is 0 Å². The van der Waals surface area contributed by atoms with Gasteiger partial charge in [0, 0.05) is 6.08 Å². The SMILES string of the molecule is C=CCOC(=O)C=C.O=P(O)(O)O. The minimum Gasteiger partial charge on any atom is -0.458 e. The second kappa shape index (κ2) is 7.70. The van der Waals surface area contributed by atoms with Crippen LogP contribution in [0.15, 0.2) is 25.3 Å². The van der Waals surface area contributed by atoms with Crippen LogP contribution >= 0.6 is 7.82 Å². The molecule has 0 saturated carbocycles. The number of rotatable bonds is 3. The van der Waals surface area contributed by atoms with E-state index in [4.69, 9.17) is 19.2 Å². The fourth-order valence-corrected chi connectivity index (χ4v) is 0.200. The highest BCUT2D eigenvalue weighted by Crippen LogP contribution is 2.25. The van der Waals surface area contributed by atoms with Crippen molar-refractivity contribution in [2.45, 2.75) is 0 Å². The molecule has 0 aromatic carbocycles. The van der Waals surface area contributed by atoms with Crippen molar-refractivity contribution in [2.75, 3.05) is 6.61 Å². The smallest absolute Gasteiger partial charge is 0.458 e. The summed E-state index contributed by atoms with van der Waals surface area (Å²) in [5, 5.41) is 0. The lowest BCUT2D eigenvalue weighted by Gasteiger charge is -1.92. The van der Waals surface area contributed by atoms with Crippen molar-refractivity contribution >= 4 is 13.8 Å². The van der Waals surface area contributed by atoms with Gasteiger partial charge in [-0.05, 0) is 0 Å². The zero-order valence-electron chi connectivity index (χ0n) is 6.79. The van der Waals surface area contributed by atoms with Crippen LogP contribution in [0, 0.1) is 0 Å². The zero-order valence-corrected chi connectivity index (χ0v) is 7.68. The van der Waals surface area contributed by atoms with Gasteiger partial charge in [0.15, 0.2) is 0 Å². The molecule has 0 rings (SSSR count). The van der Waals surface area contributed by atoms with Crippen molar-refractivity contribution in [3.63, 3.8) is 0 Å². The molecule has 0 saturated heterocycles. The standard InChI is InChI=1S/C6H8O2.H3O4P/c1-3-5-8-6(7)4-2;1-5(2,3)4/h3-4H,1-2,5H2;(H3,1,2,3,4). The van der Waals surface area contributed by atoms with Crippen LogP contribution in [0.5, 0.6) is 0 Å². The van der Waals surface area contributed by atoms with Gasteiger partial charge in [-0.3, -0.25) is 0 Å². The van der Waals surface area contributed by atoms with E-state index in [1.165, 1.54) is 6.08 Å². The van der Waals surface area contributed by atoms with Crippen molar-refractivity contribution in [3.8, 4) is 0 Å². The molecule has 0 heterocycles. The third-order valence-corrected chi connectivity index (χ3v) is 0.510.